The second kappa shape index (κ2) is 8.55. The Morgan fingerprint density at radius 1 is 0.415 bits per heavy atom. The van der Waals surface area contributed by atoms with Crippen molar-refractivity contribution in [3.8, 4) is 22.3 Å². The Morgan fingerprint density at radius 2 is 1.02 bits per heavy atom. The molecule has 0 aliphatic rings. The standard InChI is InChI=1S/C40H24O/c1-2-12-27-23-38-36(22-26(27)11-1)30-21-20-28(24-37(30)41-38)39-32-15-5-7-17-34(32)40(35-18-8-6-16-33(35)39)31-19-9-13-25-10-3-4-14-29(25)31/h1-24H/i3D,4D,9D,10D,13D,14D,19D. The maximum Gasteiger partial charge on any atom is 0.136 e. The minimum Gasteiger partial charge on any atom is -0.456 e. The summed E-state index contributed by atoms with van der Waals surface area (Å²) >= 11 is 0. The Labute approximate surface area is 246 Å². The molecule has 8 aromatic carbocycles. The van der Waals surface area contributed by atoms with Gasteiger partial charge in [0.2, 0.25) is 0 Å². The lowest BCUT2D eigenvalue weighted by molar-refractivity contribution is 0.669. The van der Waals surface area contributed by atoms with Gasteiger partial charge in [-0.25, -0.2) is 0 Å². The second-order valence-corrected chi connectivity index (χ2v) is 10.3. The molecule has 0 unspecified atom stereocenters. The Bertz CT molecular complexity index is 2810. The maximum absolute atomic E-state index is 9.14. The molecule has 0 fully saturated rings. The second-order valence-electron chi connectivity index (χ2n) is 10.3. The van der Waals surface area contributed by atoms with E-state index in [1.165, 1.54) is 0 Å². The molecule has 0 amide bonds. The van der Waals surface area contributed by atoms with Crippen LogP contribution in [0.2, 0.25) is 0 Å². The van der Waals surface area contributed by atoms with Crippen LogP contribution in [0.3, 0.4) is 0 Å². The molecule has 0 saturated carbocycles. The molecule has 9 rings (SSSR count). The largest absolute Gasteiger partial charge is 0.456 e. The molecule has 0 spiro atoms. The average Bonchev–Trinajstić information content (AvgIpc) is 3.46. The van der Waals surface area contributed by atoms with Crippen LogP contribution in [0.5, 0.6) is 0 Å². The van der Waals surface area contributed by atoms with E-state index in [4.69, 9.17) is 14.0 Å². The smallest absolute Gasteiger partial charge is 0.136 e. The van der Waals surface area contributed by atoms with Crippen LogP contribution in [-0.4, -0.2) is 0 Å². The molecule has 41 heavy (non-hydrogen) atoms. The van der Waals surface area contributed by atoms with E-state index in [2.05, 4.69) is 42.5 Å². The van der Waals surface area contributed by atoms with Crippen molar-refractivity contribution in [1.29, 1.82) is 0 Å². The zero-order valence-electron chi connectivity index (χ0n) is 28.7. The van der Waals surface area contributed by atoms with E-state index in [0.717, 1.165) is 65.4 Å². The summed E-state index contributed by atoms with van der Waals surface area (Å²) in [4.78, 5) is 0. The van der Waals surface area contributed by atoms with Crippen LogP contribution in [0.25, 0.3) is 87.3 Å². The first-order valence-corrected chi connectivity index (χ1v) is 13.5. The highest BCUT2D eigenvalue weighted by atomic mass is 16.3. The van der Waals surface area contributed by atoms with Crippen molar-refractivity contribution in [2.24, 2.45) is 0 Å². The van der Waals surface area contributed by atoms with Crippen LogP contribution in [0, 0.1) is 0 Å². The monoisotopic (exact) mass is 527 g/mol. The number of hydrogen-bond acceptors (Lipinski definition) is 1. The lowest BCUT2D eigenvalue weighted by Crippen LogP contribution is -1.91. The van der Waals surface area contributed by atoms with Gasteiger partial charge < -0.3 is 4.42 Å². The quantitative estimate of drug-likeness (QED) is 0.204. The molecule has 190 valence electrons. The molecule has 1 heterocycles. The normalized spacial score (nSPS) is 14.3. The fourth-order valence-electron chi connectivity index (χ4n) is 6.33. The molecule has 1 nitrogen and oxygen atoms in total. The summed E-state index contributed by atoms with van der Waals surface area (Å²) in [5.41, 5.74) is 4.28. The van der Waals surface area contributed by atoms with E-state index < -0.39 is 12.1 Å². The molecule has 1 aromatic heterocycles. The van der Waals surface area contributed by atoms with Crippen molar-refractivity contribution in [3.05, 3.63) is 145 Å². The number of fused-ring (bicyclic) bond motifs is 7. The van der Waals surface area contributed by atoms with Gasteiger partial charge in [0.1, 0.15) is 11.2 Å². The summed E-state index contributed by atoms with van der Waals surface area (Å²) in [6, 6.07) is 31.7. The fourth-order valence-corrected chi connectivity index (χ4v) is 6.33. The van der Waals surface area contributed by atoms with Gasteiger partial charge in [-0.2, -0.15) is 0 Å². The topological polar surface area (TPSA) is 13.1 Å². The molecular formula is C40H24O. The summed E-state index contributed by atoms with van der Waals surface area (Å²) in [6.07, 6.45) is 0. The summed E-state index contributed by atoms with van der Waals surface area (Å²) in [6.45, 7) is 0. The van der Waals surface area contributed by atoms with Crippen molar-refractivity contribution in [2.75, 3.05) is 0 Å². The molecule has 0 aliphatic heterocycles. The molecule has 0 saturated heterocycles. The highest BCUT2D eigenvalue weighted by Gasteiger charge is 2.19. The van der Waals surface area contributed by atoms with Gasteiger partial charge in [0.05, 0.1) is 9.60 Å². The fraction of sp³-hybridized carbons (Fsp3) is 0. The molecule has 0 aliphatic carbocycles. The Kier molecular flexibility index (Phi) is 3.47. The third-order valence-corrected chi connectivity index (χ3v) is 8.12. The first kappa shape index (κ1) is 16.6. The summed E-state index contributed by atoms with van der Waals surface area (Å²) < 4.78 is 67.3. The van der Waals surface area contributed by atoms with Gasteiger partial charge in [0.15, 0.2) is 0 Å². The van der Waals surface area contributed by atoms with E-state index in [1.54, 1.807) is 0 Å². The number of rotatable bonds is 2. The van der Waals surface area contributed by atoms with Crippen molar-refractivity contribution in [1.82, 2.24) is 0 Å². The third kappa shape index (κ3) is 3.30. The minimum absolute atomic E-state index is 0.0581. The number of hydrogen-bond donors (Lipinski definition) is 0. The molecular weight excluding hydrogens is 496 g/mol. The number of furan rings is 1. The molecule has 0 atom stereocenters. The van der Waals surface area contributed by atoms with Crippen LogP contribution in [0.4, 0.5) is 0 Å². The average molecular weight is 528 g/mol. The Hall–Kier alpha value is -5.40. The van der Waals surface area contributed by atoms with Crippen LogP contribution < -0.4 is 0 Å². The van der Waals surface area contributed by atoms with E-state index in [1.807, 2.05) is 60.7 Å². The van der Waals surface area contributed by atoms with Crippen molar-refractivity contribution < 1.29 is 14.0 Å². The first-order valence-electron chi connectivity index (χ1n) is 17.0. The van der Waals surface area contributed by atoms with Gasteiger partial charge >= 0.3 is 0 Å². The summed E-state index contributed by atoms with van der Waals surface area (Å²) in [5, 5.41) is 7.62. The van der Waals surface area contributed by atoms with E-state index in [0.29, 0.717) is 5.56 Å². The zero-order chi connectivity index (χ0) is 33.0. The van der Waals surface area contributed by atoms with Crippen molar-refractivity contribution in [2.45, 2.75) is 0 Å². The lowest BCUT2D eigenvalue weighted by Gasteiger charge is -2.18. The predicted molar refractivity (Wildman–Crippen MR) is 175 cm³/mol. The van der Waals surface area contributed by atoms with Gasteiger partial charge in [-0.15, -0.1) is 0 Å². The van der Waals surface area contributed by atoms with E-state index >= 15 is 0 Å². The van der Waals surface area contributed by atoms with Gasteiger partial charge in [0, 0.05) is 10.8 Å². The van der Waals surface area contributed by atoms with Gasteiger partial charge in [-0.05, 0) is 89.6 Å². The SMILES string of the molecule is [2H]c1c([2H])c([2H])c2c(-c3c4ccccc4c(-c4ccc5c(c4)oc4cc6ccccc6cc45)c4ccccc34)c([2H])c([2H])c([2H])c2c1[2H]. The number of benzene rings is 8. The van der Waals surface area contributed by atoms with Crippen LogP contribution >= 0.6 is 0 Å². The summed E-state index contributed by atoms with van der Waals surface area (Å²) in [5.74, 6) is 0. The molecule has 0 bridgehead atoms. The highest BCUT2D eigenvalue weighted by Crippen LogP contribution is 2.46. The van der Waals surface area contributed by atoms with Crippen LogP contribution in [0.15, 0.2) is 150 Å². The minimum atomic E-state index is -0.469. The van der Waals surface area contributed by atoms with Crippen molar-refractivity contribution in [3.63, 3.8) is 0 Å². The van der Waals surface area contributed by atoms with E-state index in [-0.39, 0.29) is 46.5 Å². The molecule has 0 radical (unpaired) electrons. The van der Waals surface area contributed by atoms with E-state index in [9.17, 15) is 0 Å². The Morgan fingerprint density at radius 3 is 1.78 bits per heavy atom. The van der Waals surface area contributed by atoms with Crippen LogP contribution in [0.1, 0.15) is 9.60 Å². The Balaban J connectivity index is 1.41. The molecule has 9 aromatic rings. The third-order valence-electron chi connectivity index (χ3n) is 8.12. The molecule has 1 heteroatoms. The predicted octanol–water partition coefficient (Wildman–Crippen LogP) is 11.5. The van der Waals surface area contributed by atoms with Gasteiger partial charge in [-0.1, -0.05) is 121 Å². The van der Waals surface area contributed by atoms with Crippen LogP contribution in [-0.2, 0) is 0 Å². The molecule has 0 N–H and O–H groups in total. The lowest BCUT2D eigenvalue weighted by atomic mass is 9.84. The zero-order valence-corrected chi connectivity index (χ0v) is 21.7. The summed E-state index contributed by atoms with van der Waals surface area (Å²) in [7, 11) is 0. The van der Waals surface area contributed by atoms with Gasteiger partial charge in [0.25, 0.3) is 0 Å². The van der Waals surface area contributed by atoms with Gasteiger partial charge in [-0.3, -0.25) is 0 Å². The first-order chi connectivity index (χ1) is 23.2. The maximum atomic E-state index is 9.14. The highest BCUT2D eigenvalue weighted by molar-refractivity contribution is 6.24. The van der Waals surface area contributed by atoms with Crippen molar-refractivity contribution >= 4 is 65.0 Å².